The highest BCUT2D eigenvalue weighted by Gasteiger charge is 2.12. The van der Waals surface area contributed by atoms with Crippen molar-refractivity contribution in [3.05, 3.63) is 54.7 Å². The largest absolute Gasteiger partial charge is 0.493 e. The fourth-order valence-electron chi connectivity index (χ4n) is 3.81. The predicted molar refractivity (Wildman–Crippen MR) is 152 cm³/mol. The third kappa shape index (κ3) is 10.8. The zero-order valence-electron chi connectivity index (χ0n) is 19.6. The lowest BCUT2D eigenvalue weighted by atomic mass is 9.96. The fourth-order valence-corrected chi connectivity index (χ4v) is 5.71. The van der Waals surface area contributed by atoms with Crippen molar-refractivity contribution in [3.8, 4) is 5.75 Å². The number of carboxylic acids is 2. The summed E-state index contributed by atoms with van der Waals surface area (Å²) in [6, 6.07) is 12.4. The zero-order valence-corrected chi connectivity index (χ0v) is 23.9. The quantitative estimate of drug-likeness (QED) is 0.157. The molecule has 0 aliphatic heterocycles. The Labute approximate surface area is 229 Å². The lowest BCUT2D eigenvalue weighted by Gasteiger charge is -2.20. The molecular formula is C26H33I2NO5. The molecule has 0 aliphatic rings. The van der Waals surface area contributed by atoms with Gasteiger partial charge in [-0.05, 0) is 113 Å². The molecule has 0 saturated carbocycles. The molecule has 0 spiro atoms. The van der Waals surface area contributed by atoms with E-state index >= 15 is 0 Å². The number of carboxylic acid groups (broad SMARTS) is 2. The summed E-state index contributed by atoms with van der Waals surface area (Å²) in [4.78, 5) is 24.2. The summed E-state index contributed by atoms with van der Waals surface area (Å²) in [6.07, 6.45) is 6.23. The van der Waals surface area contributed by atoms with Gasteiger partial charge in [-0.25, -0.2) is 0 Å². The molecule has 2 aromatic carbocycles. The minimum Gasteiger partial charge on any atom is -0.493 e. The van der Waals surface area contributed by atoms with Gasteiger partial charge in [0.25, 0.3) is 0 Å². The van der Waals surface area contributed by atoms with Gasteiger partial charge in [-0.15, -0.1) is 0 Å². The zero-order chi connectivity index (χ0) is 24.9. The van der Waals surface area contributed by atoms with Gasteiger partial charge in [-0.1, -0.05) is 25.0 Å². The Kier molecular flexibility index (Phi) is 13.0. The molecule has 0 atom stereocenters. The Morgan fingerprint density at radius 3 is 2.24 bits per heavy atom. The molecule has 0 heterocycles. The van der Waals surface area contributed by atoms with Crippen molar-refractivity contribution in [2.45, 2.75) is 57.8 Å². The number of rotatable bonds is 16. The summed E-state index contributed by atoms with van der Waals surface area (Å²) < 4.78 is 8.32. The van der Waals surface area contributed by atoms with Gasteiger partial charge < -0.3 is 19.8 Å². The van der Waals surface area contributed by atoms with Crippen LogP contribution in [-0.2, 0) is 22.4 Å². The maximum Gasteiger partial charge on any atom is 0.303 e. The Morgan fingerprint density at radius 1 is 0.882 bits per heavy atom. The van der Waals surface area contributed by atoms with Crippen molar-refractivity contribution in [1.29, 1.82) is 0 Å². The van der Waals surface area contributed by atoms with Gasteiger partial charge in [0.15, 0.2) is 0 Å². The number of ether oxygens (including phenoxy) is 1. The molecule has 0 radical (unpaired) electrons. The van der Waals surface area contributed by atoms with E-state index in [9.17, 15) is 9.59 Å². The number of unbranched alkanes of at least 4 members (excludes halogenated alkanes) is 3. The van der Waals surface area contributed by atoms with Gasteiger partial charge in [0.2, 0.25) is 0 Å². The number of benzene rings is 2. The third-order valence-electron chi connectivity index (χ3n) is 5.59. The molecule has 34 heavy (non-hydrogen) atoms. The summed E-state index contributed by atoms with van der Waals surface area (Å²) in [5.74, 6) is -1.00. The van der Waals surface area contributed by atoms with Crippen LogP contribution in [0, 0.1) is 7.14 Å². The second kappa shape index (κ2) is 15.4. The molecule has 0 amide bonds. The maximum atomic E-state index is 11.1. The number of carbonyl (C=O) groups is 2. The predicted octanol–water partition coefficient (Wildman–Crippen LogP) is 6.40. The topological polar surface area (TPSA) is 87.1 Å². The van der Waals surface area contributed by atoms with Crippen LogP contribution in [0.2, 0.25) is 0 Å². The van der Waals surface area contributed by atoms with Crippen molar-refractivity contribution in [2.24, 2.45) is 0 Å². The highest BCUT2D eigenvalue weighted by atomic mass is 127. The first kappa shape index (κ1) is 28.7. The molecule has 0 saturated heterocycles. The minimum atomic E-state index is -0.845. The van der Waals surface area contributed by atoms with Crippen molar-refractivity contribution in [1.82, 2.24) is 0 Å². The van der Waals surface area contributed by atoms with E-state index in [0.717, 1.165) is 49.8 Å². The van der Waals surface area contributed by atoms with Crippen molar-refractivity contribution in [2.75, 3.05) is 25.1 Å². The van der Waals surface area contributed by atoms with E-state index in [4.69, 9.17) is 14.9 Å². The lowest BCUT2D eigenvalue weighted by Crippen LogP contribution is -2.18. The third-order valence-corrected chi connectivity index (χ3v) is 6.83. The first-order valence-electron chi connectivity index (χ1n) is 11.6. The van der Waals surface area contributed by atoms with Gasteiger partial charge in [-0.3, -0.25) is 9.59 Å². The number of anilines is 1. The summed E-state index contributed by atoms with van der Waals surface area (Å²) in [5.41, 5.74) is 3.32. The van der Waals surface area contributed by atoms with Crippen LogP contribution < -0.4 is 9.64 Å². The molecule has 6 nitrogen and oxygen atoms in total. The number of hydrogen-bond donors (Lipinski definition) is 2. The van der Waals surface area contributed by atoms with E-state index in [0.29, 0.717) is 25.2 Å². The van der Waals surface area contributed by atoms with E-state index in [1.165, 1.54) is 12.8 Å². The maximum absolute atomic E-state index is 11.1. The van der Waals surface area contributed by atoms with Crippen molar-refractivity contribution in [3.63, 3.8) is 0 Å². The fraction of sp³-hybridized carbons (Fsp3) is 0.462. The van der Waals surface area contributed by atoms with Gasteiger partial charge in [0.05, 0.1) is 6.61 Å². The molecule has 2 N–H and O–H groups in total. The summed E-state index contributed by atoms with van der Waals surface area (Å²) in [5, 5.41) is 18.0. The summed E-state index contributed by atoms with van der Waals surface area (Å²) >= 11 is 4.71. The second-order valence-corrected chi connectivity index (χ2v) is 10.8. The van der Waals surface area contributed by atoms with E-state index in [1.807, 2.05) is 18.2 Å². The normalized spacial score (nSPS) is 10.8. The molecule has 0 bridgehead atoms. The number of hydrogen-bond acceptors (Lipinski definition) is 4. The van der Waals surface area contributed by atoms with Crippen LogP contribution in [0.25, 0.3) is 0 Å². The average Bonchev–Trinajstić information content (AvgIpc) is 2.77. The monoisotopic (exact) mass is 693 g/mol. The molecule has 0 unspecified atom stereocenters. The van der Waals surface area contributed by atoms with Crippen LogP contribution >= 0.6 is 45.2 Å². The van der Waals surface area contributed by atoms with Gasteiger partial charge in [0.1, 0.15) is 5.75 Å². The highest BCUT2D eigenvalue weighted by Crippen LogP contribution is 2.26. The van der Waals surface area contributed by atoms with Gasteiger partial charge >= 0.3 is 11.9 Å². The molecular weight excluding hydrogens is 660 g/mol. The van der Waals surface area contributed by atoms with Crippen molar-refractivity contribution < 1.29 is 24.5 Å². The molecule has 0 aliphatic carbocycles. The molecule has 2 aromatic rings. The first-order chi connectivity index (χ1) is 16.3. The van der Waals surface area contributed by atoms with Crippen LogP contribution in [0.5, 0.6) is 5.75 Å². The Balaban J connectivity index is 1.84. The number of aliphatic carboxylic acids is 2. The van der Waals surface area contributed by atoms with Gasteiger partial charge in [-0.2, -0.15) is 0 Å². The first-order valence-corrected chi connectivity index (χ1v) is 13.8. The van der Waals surface area contributed by atoms with E-state index in [-0.39, 0.29) is 12.8 Å². The number of aryl methyl sites for hydroxylation is 1. The van der Waals surface area contributed by atoms with Gasteiger partial charge in [0, 0.05) is 39.3 Å². The smallest absolute Gasteiger partial charge is 0.303 e. The lowest BCUT2D eigenvalue weighted by molar-refractivity contribution is -0.138. The van der Waals surface area contributed by atoms with Crippen LogP contribution in [0.3, 0.4) is 0 Å². The van der Waals surface area contributed by atoms with Crippen molar-refractivity contribution >= 4 is 62.8 Å². The van der Waals surface area contributed by atoms with Crippen LogP contribution in [0.15, 0.2) is 36.4 Å². The molecule has 0 aromatic heterocycles. The average molecular weight is 693 g/mol. The Morgan fingerprint density at radius 2 is 1.56 bits per heavy atom. The second-order valence-electron chi connectivity index (χ2n) is 8.35. The molecule has 0 fully saturated rings. The van der Waals surface area contributed by atoms with E-state index in [2.05, 4.69) is 75.3 Å². The summed E-state index contributed by atoms with van der Waals surface area (Å²) in [6.45, 7) is 1.32. The van der Waals surface area contributed by atoms with Crippen LogP contribution in [-0.4, -0.2) is 42.4 Å². The highest BCUT2D eigenvalue weighted by molar-refractivity contribution is 14.1. The Bertz CT molecular complexity index is 931. The van der Waals surface area contributed by atoms with E-state index in [1.54, 1.807) is 0 Å². The molecule has 8 heteroatoms. The standard InChI is InChI=1S/C26H33I2NO5/c1-29(22-17-20(27)16-21(28)18-22)14-5-3-2-4-8-19-9-6-10-24(23(19)12-13-26(32)33)34-15-7-11-25(30)31/h6,9-10,16-18H,2-5,7-8,11-15H2,1H3,(H,30,31)(H,32,33). The van der Waals surface area contributed by atoms with Crippen LogP contribution in [0.4, 0.5) is 5.69 Å². The Hall–Kier alpha value is -1.56. The number of halogens is 2. The SMILES string of the molecule is CN(CCCCCCc1cccc(OCCCC(=O)O)c1CCC(=O)O)c1cc(I)cc(I)c1. The minimum absolute atomic E-state index is 0.0478. The molecule has 186 valence electrons. The van der Waals surface area contributed by atoms with Crippen LogP contribution in [0.1, 0.15) is 56.1 Å². The number of nitrogens with zero attached hydrogens (tertiary/aromatic N) is 1. The van der Waals surface area contributed by atoms with E-state index < -0.39 is 11.9 Å². The molecule has 2 rings (SSSR count). The summed E-state index contributed by atoms with van der Waals surface area (Å²) in [7, 11) is 2.14.